The summed E-state index contributed by atoms with van der Waals surface area (Å²) in [5.41, 5.74) is 3.19. The first-order valence-corrected chi connectivity index (χ1v) is 11.0. The van der Waals surface area contributed by atoms with Crippen LogP contribution in [0.5, 0.6) is 0 Å². The highest BCUT2D eigenvalue weighted by atomic mass is 19.1. The van der Waals surface area contributed by atoms with Crippen LogP contribution in [0.1, 0.15) is 11.3 Å². The van der Waals surface area contributed by atoms with E-state index >= 15 is 8.78 Å². The molecule has 0 radical (unpaired) electrons. The summed E-state index contributed by atoms with van der Waals surface area (Å²) < 4.78 is 40.3. The number of pyridine rings is 1. The SMILES string of the molecule is Cc1ccn2c(CC3CN(C(=O)O)CCO3)c(-c3c(F)cc(-c4cccn4C)cc3F)nc2c1. The summed E-state index contributed by atoms with van der Waals surface area (Å²) >= 11 is 0. The third-order valence-electron chi connectivity index (χ3n) is 6.23. The van der Waals surface area contributed by atoms with Gasteiger partial charge in [-0.15, -0.1) is 0 Å². The average Bonchev–Trinajstić information content (AvgIpc) is 3.37. The van der Waals surface area contributed by atoms with Crippen LogP contribution in [0, 0.1) is 18.6 Å². The third kappa shape index (κ3) is 3.92. The van der Waals surface area contributed by atoms with Crippen molar-refractivity contribution in [3.63, 3.8) is 0 Å². The fraction of sp³-hybridized carbons (Fsp3) is 0.280. The fourth-order valence-corrected chi connectivity index (χ4v) is 4.53. The number of hydrogen-bond acceptors (Lipinski definition) is 3. The molecular weight excluding hydrogens is 442 g/mol. The largest absolute Gasteiger partial charge is 0.465 e. The van der Waals surface area contributed by atoms with Gasteiger partial charge in [0.25, 0.3) is 0 Å². The van der Waals surface area contributed by atoms with E-state index in [1.807, 2.05) is 44.6 Å². The molecule has 0 saturated carbocycles. The predicted molar refractivity (Wildman–Crippen MR) is 123 cm³/mol. The number of aryl methyl sites for hydroxylation is 2. The second kappa shape index (κ2) is 8.57. The predicted octanol–water partition coefficient (Wildman–Crippen LogP) is 4.51. The summed E-state index contributed by atoms with van der Waals surface area (Å²) in [6, 6.07) is 9.96. The van der Waals surface area contributed by atoms with Crippen LogP contribution in [0.25, 0.3) is 28.2 Å². The number of hydrogen-bond donors (Lipinski definition) is 1. The highest BCUT2D eigenvalue weighted by molar-refractivity contribution is 5.72. The molecule has 3 aromatic heterocycles. The van der Waals surface area contributed by atoms with Crippen LogP contribution < -0.4 is 0 Å². The third-order valence-corrected chi connectivity index (χ3v) is 6.23. The van der Waals surface area contributed by atoms with Crippen molar-refractivity contribution in [1.82, 2.24) is 18.9 Å². The second-order valence-corrected chi connectivity index (χ2v) is 8.58. The Balaban J connectivity index is 1.61. The summed E-state index contributed by atoms with van der Waals surface area (Å²) in [5, 5.41) is 9.37. The zero-order chi connectivity index (χ0) is 24.0. The van der Waals surface area contributed by atoms with Crippen LogP contribution in [0.3, 0.4) is 0 Å². The van der Waals surface area contributed by atoms with Crippen molar-refractivity contribution >= 4 is 11.7 Å². The van der Waals surface area contributed by atoms with E-state index in [0.29, 0.717) is 22.6 Å². The van der Waals surface area contributed by atoms with Gasteiger partial charge in [-0.05, 0) is 48.9 Å². The van der Waals surface area contributed by atoms with Crippen LogP contribution in [0.15, 0.2) is 48.8 Å². The van der Waals surface area contributed by atoms with Crippen molar-refractivity contribution in [2.75, 3.05) is 19.7 Å². The molecular formula is C25H24F2N4O3. The molecule has 1 saturated heterocycles. The van der Waals surface area contributed by atoms with E-state index in [2.05, 4.69) is 4.98 Å². The van der Waals surface area contributed by atoms with Crippen LogP contribution in [0.2, 0.25) is 0 Å². The highest BCUT2D eigenvalue weighted by Gasteiger charge is 2.28. The van der Waals surface area contributed by atoms with Crippen LogP contribution in [0.4, 0.5) is 13.6 Å². The number of carbonyl (C=O) groups is 1. The molecule has 0 spiro atoms. The van der Waals surface area contributed by atoms with Gasteiger partial charge in [0.2, 0.25) is 0 Å². The molecule has 1 fully saturated rings. The van der Waals surface area contributed by atoms with Crippen molar-refractivity contribution in [1.29, 1.82) is 0 Å². The quantitative estimate of drug-likeness (QED) is 0.480. The van der Waals surface area contributed by atoms with Crippen molar-refractivity contribution in [3.8, 4) is 22.5 Å². The first-order chi connectivity index (χ1) is 16.3. The minimum absolute atomic E-state index is 0.172. The summed E-state index contributed by atoms with van der Waals surface area (Å²) in [6.07, 6.45) is 2.39. The second-order valence-electron chi connectivity index (χ2n) is 8.58. The van der Waals surface area contributed by atoms with E-state index in [-0.39, 0.29) is 37.4 Å². The molecule has 0 bridgehead atoms. The highest BCUT2D eigenvalue weighted by Crippen LogP contribution is 2.34. The molecule has 1 atom stereocenters. The molecule has 4 aromatic rings. The van der Waals surface area contributed by atoms with Gasteiger partial charge in [0, 0.05) is 43.7 Å². The van der Waals surface area contributed by atoms with E-state index in [4.69, 9.17) is 4.74 Å². The zero-order valence-corrected chi connectivity index (χ0v) is 18.8. The Hall–Kier alpha value is -3.72. The van der Waals surface area contributed by atoms with E-state index < -0.39 is 23.8 Å². The number of rotatable bonds is 4. The first-order valence-electron chi connectivity index (χ1n) is 11.0. The molecule has 1 amide bonds. The molecule has 9 heteroatoms. The van der Waals surface area contributed by atoms with Gasteiger partial charge in [-0.2, -0.15) is 0 Å². The van der Waals surface area contributed by atoms with Gasteiger partial charge < -0.3 is 23.7 Å². The maximum Gasteiger partial charge on any atom is 0.407 e. The average molecular weight is 466 g/mol. The molecule has 0 aliphatic carbocycles. The smallest absolute Gasteiger partial charge is 0.407 e. The molecule has 5 rings (SSSR count). The van der Waals surface area contributed by atoms with E-state index in [9.17, 15) is 9.90 Å². The Labute approximate surface area is 194 Å². The monoisotopic (exact) mass is 466 g/mol. The Morgan fingerprint density at radius 1 is 1.21 bits per heavy atom. The lowest BCUT2D eigenvalue weighted by molar-refractivity contribution is -0.0214. The van der Waals surface area contributed by atoms with Crippen molar-refractivity contribution in [2.24, 2.45) is 7.05 Å². The number of fused-ring (bicyclic) bond motifs is 1. The number of morpholine rings is 1. The number of carboxylic acid groups (broad SMARTS) is 1. The fourth-order valence-electron chi connectivity index (χ4n) is 4.53. The number of nitrogens with zero attached hydrogens (tertiary/aromatic N) is 4. The number of halogens is 2. The van der Waals surface area contributed by atoms with Gasteiger partial charge in [-0.25, -0.2) is 18.6 Å². The number of amides is 1. The lowest BCUT2D eigenvalue weighted by Crippen LogP contribution is -2.45. The minimum Gasteiger partial charge on any atom is -0.465 e. The number of imidazole rings is 1. The minimum atomic E-state index is -1.02. The molecule has 1 N–H and O–H groups in total. The number of ether oxygens (including phenoxy) is 1. The van der Waals surface area contributed by atoms with Crippen molar-refractivity contribution in [3.05, 3.63) is 71.7 Å². The maximum absolute atomic E-state index is 15.4. The Kier molecular flexibility index (Phi) is 5.57. The number of aromatic nitrogens is 3. The lowest BCUT2D eigenvalue weighted by atomic mass is 10.0. The van der Waals surface area contributed by atoms with Gasteiger partial charge in [0.05, 0.1) is 36.2 Å². The number of benzene rings is 1. The Bertz CT molecular complexity index is 1370. The topological polar surface area (TPSA) is 72.0 Å². The Morgan fingerprint density at radius 2 is 1.97 bits per heavy atom. The summed E-state index contributed by atoms with van der Waals surface area (Å²) in [5.74, 6) is -1.43. The van der Waals surface area contributed by atoms with Crippen LogP contribution in [-0.2, 0) is 18.2 Å². The standard InChI is InChI=1S/C25H24F2N4O3/c1-15-5-7-31-21(13-17-14-30(25(32)33)8-9-34-17)24(28-22(31)10-15)23-18(26)11-16(12-19(23)27)20-4-3-6-29(20)2/h3-7,10-12,17H,8-9,13-14H2,1-2H3,(H,32,33). The zero-order valence-electron chi connectivity index (χ0n) is 18.8. The maximum atomic E-state index is 15.4. The van der Waals surface area contributed by atoms with E-state index in [0.717, 1.165) is 5.56 Å². The lowest BCUT2D eigenvalue weighted by Gasteiger charge is -2.31. The molecule has 1 unspecified atom stereocenters. The van der Waals surface area contributed by atoms with Gasteiger partial charge in [-0.1, -0.05) is 0 Å². The molecule has 1 aliphatic heterocycles. The van der Waals surface area contributed by atoms with E-state index in [1.54, 1.807) is 15.0 Å². The first kappa shape index (κ1) is 22.1. The van der Waals surface area contributed by atoms with Crippen molar-refractivity contribution in [2.45, 2.75) is 19.4 Å². The molecule has 34 heavy (non-hydrogen) atoms. The van der Waals surface area contributed by atoms with Gasteiger partial charge >= 0.3 is 6.09 Å². The normalized spacial score (nSPS) is 16.4. The summed E-state index contributed by atoms with van der Waals surface area (Å²) in [4.78, 5) is 17.3. The molecule has 176 valence electrons. The molecule has 7 nitrogen and oxygen atoms in total. The van der Waals surface area contributed by atoms with Crippen LogP contribution in [-0.4, -0.2) is 55.9 Å². The molecule has 1 aromatic carbocycles. The summed E-state index contributed by atoms with van der Waals surface area (Å²) in [7, 11) is 1.81. The van der Waals surface area contributed by atoms with E-state index in [1.165, 1.54) is 17.0 Å². The van der Waals surface area contributed by atoms with Crippen molar-refractivity contribution < 1.29 is 23.4 Å². The van der Waals surface area contributed by atoms with Gasteiger partial charge in [0.1, 0.15) is 17.3 Å². The Morgan fingerprint density at radius 3 is 2.65 bits per heavy atom. The van der Waals surface area contributed by atoms with Gasteiger partial charge in [-0.3, -0.25) is 0 Å². The molecule has 4 heterocycles. The summed E-state index contributed by atoms with van der Waals surface area (Å²) in [6.45, 7) is 2.63. The van der Waals surface area contributed by atoms with Gasteiger partial charge in [0.15, 0.2) is 0 Å². The van der Waals surface area contributed by atoms with Crippen LogP contribution >= 0.6 is 0 Å². The molecule has 1 aliphatic rings.